The molecule has 0 saturated heterocycles. The van der Waals surface area contributed by atoms with E-state index < -0.39 is 8.07 Å². The summed E-state index contributed by atoms with van der Waals surface area (Å²) < 4.78 is 9.32. The number of hydrogen-bond donors (Lipinski definition) is 2. The Balaban J connectivity index is 1.43. The number of para-hydroxylation sites is 1. The molecule has 0 aliphatic carbocycles. The molecular formula is C28H34N6O3Si. The summed E-state index contributed by atoms with van der Waals surface area (Å²) >= 11 is 0. The zero-order chi connectivity index (χ0) is 27.1. The van der Waals surface area contributed by atoms with Crippen molar-refractivity contribution in [1.29, 1.82) is 0 Å². The Morgan fingerprint density at radius 1 is 0.974 bits per heavy atom. The molecule has 0 atom stereocenters. The summed E-state index contributed by atoms with van der Waals surface area (Å²) in [6.45, 7) is 8.14. The minimum atomic E-state index is -1.12. The Bertz CT molecular complexity index is 1370. The van der Waals surface area contributed by atoms with Gasteiger partial charge in [-0.25, -0.2) is 9.67 Å². The summed E-state index contributed by atoms with van der Waals surface area (Å²) in [5.41, 5.74) is 3.78. The van der Waals surface area contributed by atoms with Crippen LogP contribution in [0.5, 0.6) is 0 Å². The Morgan fingerprint density at radius 2 is 1.71 bits per heavy atom. The first-order valence-corrected chi connectivity index (χ1v) is 16.3. The first-order chi connectivity index (χ1) is 18.2. The second-order valence-electron chi connectivity index (χ2n) is 10.3. The molecule has 38 heavy (non-hydrogen) atoms. The molecule has 2 heterocycles. The quantitative estimate of drug-likeness (QED) is 0.218. The SMILES string of the molecule is CNC(=O)Cc1cn(-c2ccccc2)c(NC(=O)c2ccc(-c3cnn(COCC[Si](C)(C)C)c3)cc2)n1. The van der Waals surface area contributed by atoms with Gasteiger partial charge in [0.05, 0.1) is 18.3 Å². The van der Waals surface area contributed by atoms with Crippen LogP contribution in [0.3, 0.4) is 0 Å². The lowest BCUT2D eigenvalue weighted by Crippen LogP contribution is -2.22. The van der Waals surface area contributed by atoms with Gasteiger partial charge in [-0.05, 0) is 35.9 Å². The van der Waals surface area contributed by atoms with Crippen LogP contribution in [0.4, 0.5) is 5.95 Å². The van der Waals surface area contributed by atoms with Crippen LogP contribution in [-0.4, -0.2) is 52.9 Å². The van der Waals surface area contributed by atoms with Crippen LogP contribution in [0.1, 0.15) is 16.1 Å². The number of ether oxygens (including phenoxy) is 1. The van der Waals surface area contributed by atoms with Gasteiger partial charge in [-0.3, -0.25) is 19.5 Å². The minimum Gasteiger partial charge on any atom is -0.360 e. The van der Waals surface area contributed by atoms with Crippen molar-refractivity contribution in [1.82, 2.24) is 24.6 Å². The fourth-order valence-electron chi connectivity index (χ4n) is 3.75. The molecule has 0 radical (unpaired) electrons. The number of rotatable bonds is 11. The number of carbonyl (C=O) groups is 2. The van der Waals surface area contributed by atoms with Crippen LogP contribution in [0.2, 0.25) is 25.7 Å². The zero-order valence-electron chi connectivity index (χ0n) is 22.3. The second-order valence-corrected chi connectivity index (χ2v) is 15.9. The maximum atomic E-state index is 13.1. The molecule has 0 fully saturated rings. The molecule has 2 amide bonds. The largest absolute Gasteiger partial charge is 0.360 e. The monoisotopic (exact) mass is 530 g/mol. The standard InChI is InChI=1S/C28H34N6O3Si/c1-29-26(35)16-24-19-34(25-8-6-5-7-9-25)28(31-24)32-27(36)22-12-10-21(11-13-22)23-17-30-33(18-23)20-37-14-15-38(2,3)4/h5-13,17-19H,14-16,20H2,1-4H3,(H,29,35)(H,31,32,36). The molecule has 2 aromatic heterocycles. The van der Waals surface area contributed by atoms with Crippen LogP contribution in [0.25, 0.3) is 16.8 Å². The molecule has 4 aromatic rings. The summed E-state index contributed by atoms with van der Waals surface area (Å²) in [6, 6.07) is 18.0. The molecule has 0 unspecified atom stereocenters. The van der Waals surface area contributed by atoms with E-state index in [-0.39, 0.29) is 18.2 Å². The molecule has 10 heteroatoms. The third kappa shape index (κ3) is 7.27. The van der Waals surface area contributed by atoms with Gasteiger partial charge in [0.1, 0.15) is 6.73 Å². The number of hydrogen-bond acceptors (Lipinski definition) is 5. The van der Waals surface area contributed by atoms with Gasteiger partial charge in [0.2, 0.25) is 11.9 Å². The summed E-state index contributed by atoms with van der Waals surface area (Å²) in [5, 5.41) is 9.88. The number of aromatic nitrogens is 4. The van der Waals surface area contributed by atoms with Crippen molar-refractivity contribution < 1.29 is 14.3 Å². The number of nitrogens with one attached hydrogen (secondary N) is 2. The third-order valence-corrected chi connectivity index (χ3v) is 7.67. The molecule has 9 nitrogen and oxygen atoms in total. The van der Waals surface area contributed by atoms with Crippen LogP contribution >= 0.6 is 0 Å². The van der Waals surface area contributed by atoms with E-state index in [0.717, 1.165) is 29.5 Å². The van der Waals surface area contributed by atoms with Gasteiger partial charge in [-0.1, -0.05) is 50.0 Å². The van der Waals surface area contributed by atoms with Crippen LogP contribution in [0.15, 0.2) is 73.2 Å². The minimum absolute atomic E-state index is 0.116. The molecule has 0 aliphatic heterocycles. The van der Waals surface area contributed by atoms with Crippen molar-refractivity contribution in [3.8, 4) is 16.8 Å². The fourth-order valence-corrected chi connectivity index (χ4v) is 4.50. The molecule has 0 bridgehead atoms. The second kappa shape index (κ2) is 12.0. The summed E-state index contributed by atoms with van der Waals surface area (Å²) in [4.78, 5) is 29.5. The highest BCUT2D eigenvalue weighted by Gasteiger charge is 2.16. The predicted molar refractivity (Wildman–Crippen MR) is 151 cm³/mol. The Labute approximate surface area is 223 Å². The molecule has 0 spiro atoms. The highest BCUT2D eigenvalue weighted by atomic mass is 28.3. The Kier molecular flexibility index (Phi) is 8.54. The maximum Gasteiger partial charge on any atom is 0.257 e. The number of imidazole rings is 1. The van der Waals surface area contributed by atoms with Crippen molar-refractivity contribution >= 4 is 25.8 Å². The molecule has 198 valence electrons. The van der Waals surface area contributed by atoms with Gasteiger partial charge in [0.15, 0.2) is 0 Å². The topological polar surface area (TPSA) is 103 Å². The van der Waals surface area contributed by atoms with Gasteiger partial charge in [-0.15, -0.1) is 0 Å². The zero-order valence-corrected chi connectivity index (χ0v) is 23.3. The first kappa shape index (κ1) is 27.0. The van der Waals surface area contributed by atoms with E-state index in [1.165, 1.54) is 0 Å². The number of benzene rings is 2. The van der Waals surface area contributed by atoms with Crippen LogP contribution in [0, 0.1) is 0 Å². The van der Waals surface area contributed by atoms with Crippen LogP contribution < -0.4 is 10.6 Å². The van der Waals surface area contributed by atoms with Crippen molar-refractivity contribution in [2.45, 2.75) is 38.8 Å². The highest BCUT2D eigenvalue weighted by Crippen LogP contribution is 2.21. The normalized spacial score (nSPS) is 11.4. The number of likely N-dealkylation sites (N-methyl/N-ethyl adjacent to an activating group) is 1. The Hall–Kier alpha value is -4.02. The van der Waals surface area contributed by atoms with E-state index in [4.69, 9.17) is 4.74 Å². The van der Waals surface area contributed by atoms with Crippen molar-refractivity contribution in [2.24, 2.45) is 0 Å². The lowest BCUT2D eigenvalue weighted by atomic mass is 10.1. The van der Waals surface area contributed by atoms with Crippen molar-refractivity contribution in [2.75, 3.05) is 19.0 Å². The van der Waals surface area contributed by atoms with E-state index in [0.29, 0.717) is 23.9 Å². The lowest BCUT2D eigenvalue weighted by Gasteiger charge is -2.15. The van der Waals surface area contributed by atoms with Gasteiger partial charge in [0.25, 0.3) is 5.91 Å². The van der Waals surface area contributed by atoms with Crippen molar-refractivity contribution in [3.05, 3.63) is 84.4 Å². The predicted octanol–water partition coefficient (Wildman–Crippen LogP) is 4.59. The molecular weight excluding hydrogens is 496 g/mol. The smallest absolute Gasteiger partial charge is 0.257 e. The lowest BCUT2D eigenvalue weighted by molar-refractivity contribution is -0.120. The highest BCUT2D eigenvalue weighted by molar-refractivity contribution is 6.76. The molecule has 0 aliphatic rings. The number of carbonyl (C=O) groups excluding carboxylic acids is 2. The van der Waals surface area contributed by atoms with E-state index in [1.54, 1.807) is 40.8 Å². The van der Waals surface area contributed by atoms with E-state index >= 15 is 0 Å². The van der Waals surface area contributed by atoms with E-state index in [1.807, 2.05) is 48.7 Å². The van der Waals surface area contributed by atoms with Gasteiger partial charge < -0.3 is 10.1 Å². The Morgan fingerprint density at radius 3 is 2.39 bits per heavy atom. The average Bonchev–Trinajstić information content (AvgIpc) is 3.54. The fraction of sp³-hybridized carbons (Fsp3) is 0.286. The molecule has 2 aromatic carbocycles. The van der Waals surface area contributed by atoms with Crippen molar-refractivity contribution in [3.63, 3.8) is 0 Å². The molecule has 2 N–H and O–H groups in total. The number of amides is 2. The molecule has 4 rings (SSSR count). The number of nitrogens with zero attached hydrogens (tertiary/aromatic N) is 4. The van der Waals surface area contributed by atoms with Gasteiger partial charge >= 0.3 is 0 Å². The van der Waals surface area contributed by atoms with Gasteiger partial charge in [0, 0.05) is 50.9 Å². The number of anilines is 1. The summed E-state index contributed by atoms with van der Waals surface area (Å²) in [6.07, 6.45) is 5.61. The molecule has 0 saturated carbocycles. The summed E-state index contributed by atoms with van der Waals surface area (Å²) in [7, 11) is 0.461. The average molecular weight is 531 g/mol. The van der Waals surface area contributed by atoms with Crippen LogP contribution in [-0.2, 0) is 22.7 Å². The maximum absolute atomic E-state index is 13.1. The van der Waals surface area contributed by atoms with Gasteiger partial charge in [-0.2, -0.15) is 5.10 Å². The first-order valence-electron chi connectivity index (χ1n) is 12.6. The summed E-state index contributed by atoms with van der Waals surface area (Å²) in [5.74, 6) is -0.102. The van der Waals surface area contributed by atoms with E-state index in [9.17, 15) is 9.59 Å². The third-order valence-electron chi connectivity index (χ3n) is 5.97. The van der Waals surface area contributed by atoms with E-state index in [2.05, 4.69) is 40.4 Å².